The standard InChI is InChI=1S/C15H15ClN4/c16-7-10-19(12-13-4-2-1-3-5-13)15-14-6-8-18-20(14)11-9-17-15/h1-6,8-9,11H,7,10,12H2. The van der Waals surface area contributed by atoms with E-state index in [0.29, 0.717) is 5.88 Å². The zero-order chi connectivity index (χ0) is 13.8. The van der Waals surface area contributed by atoms with Crippen LogP contribution < -0.4 is 4.90 Å². The molecule has 0 radical (unpaired) electrons. The second-order valence-corrected chi connectivity index (χ2v) is 4.89. The minimum atomic E-state index is 0.559. The number of fused-ring (bicyclic) bond motifs is 1. The van der Waals surface area contributed by atoms with Gasteiger partial charge in [0.05, 0.1) is 6.20 Å². The van der Waals surface area contributed by atoms with Crippen molar-refractivity contribution in [1.29, 1.82) is 0 Å². The second kappa shape index (κ2) is 5.92. The maximum Gasteiger partial charge on any atom is 0.155 e. The summed E-state index contributed by atoms with van der Waals surface area (Å²) in [6.45, 7) is 1.53. The molecule has 2 aromatic heterocycles. The first-order valence-corrected chi connectivity index (χ1v) is 7.05. The van der Waals surface area contributed by atoms with Crippen LogP contribution >= 0.6 is 11.6 Å². The quantitative estimate of drug-likeness (QED) is 0.676. The summed E-state index contributed by atoms with van der Waals surface area (Å²) in [5.41, 5.74) is 2.23. The molecule has 0 bridgehead atoms. The van der Waals surface area contributed by atoms with Crippen molar-refractivity contribution in [3.8, 4) is 0 Å². The van der Waals surface area contributed by atoms with Gasteiger partial charge in [-0.05, 0) is 11.6 Å². The summed E-state index contributed by atoms with van der Waals surface area (Å²) in [4.78, 5) is 6.68. The molecule has 0 amide bonds. The molecule has 0 aliphatic carbocycles. The Bertz CT molecular complexity index is 680. The largest absolute Gasteiger partial charge is 0.349 e. The zero-order valence-corrected chi connectivity index (χ0v) is 11.7. The molecule has 0 aliphatic heterocycles. The smallest absolute Gasteiger partial charge is 0.155 e. The van der Waals surface area contributed by atoms with E-state index in [1.54, 1.807) is 12.4 Å². The van der Waals surface area contributed by atoms with Crippen LogP contribution in [-0.2, 0) is 6.54 Å². The lowest BCUT2D eigenvalue weighted by molar-refractivity contribution is 0.810. The Hall–Kier alpha value is -2.07. The molecule has 102 valence electrons. The minimum absolute atomic E-state index is 0.559. The van der Waals surface area contributed by atoms with Crippen LogP contribution in [0.4, 0.5) is 5.82 Å². The SMILES string of the molecule is ClCCN(Cc1ccccc1)c1nccn2nccc12. The Balaban J connectivity index is 1.96. The number of benzene rings is 1. The molecule has 2 heterocycles. The van der Waals surface area contributed by atoms with Crippen molar-refractivity contribution in [3.05, 3.63) is 60.6 Å². The van der Waals surface area contributed by atoms with Gasteiger partial charge in [0.2, 0.25) is 0 Å². The highest BCUT2D eigenvalue weighted by molar-refractivity contribution is 6.18. The summed E-state index contributed by atoms with van der Waals surface area (Å²) in [7, 11) is 0. The summed E-state index contributed by atoms with van der Waals surface area (Å²) in [6.07, 6.45) is 5.39. The fourth-order valence-corrected chi connectivity index (χ4v) is 2.46. The van der Waals surface area contributed by atoms with Crippen molar-refractivity contribution in [3.63, 3.8) is 0 Å². The van der Waals surface area contributed by atoms with E-state index in [9.17, 15) is 0 Å². The molecule has 1 aromatic carbocycles. The predicted molar refractivity (Wildman–Crippen MR) is 81.2 cm³/mol. The van der Waals surface area contributed by atoms with Crippen LogP contribution in [0.1, 0.15) is 5.56 Å². The molecule has 0 unspecified atom stereocenters. The Morgan fingerprint density at radius 1 is 1.10 bits per heavy atom. The third-order valence-corrected chi connectivity index (χ3v) is 3.34. The summed E-state index contributed by atoms with van der Waals surface area (Å²) in [6, 6.07) is 12.3. The lowest BCUT2D eigenvalue weighted by atomic mass is 10.2. The van der Waals surface area contributed by atoms with E-state index in [4.69, 9.17) is 11.6 Å². The summed E-state index contributed by atoms with van der Waals surface area (Å²) >= 11 is 5.95. The first-order valence-electron chi connectivity index (χ1n) is 6.51. The molecule has 0 saturated carbocycles. The third-order valence-electron chi connectivity index (χ3n) is 3.17. The Morgan fingerprint density at radius 3 is 2.75 bits per heavy atom. The van der Waals surface area contributed by atoms with Crippen molar-refractivity contribution in [1.82, 2.24) is 14.6 Å². The molecule has 5 heteroatoms. The summed E-state index contributed by atoms with van der Waals surface area (Å²) < 4.78 is 1.83. The fourth-order valence-electron chi connectivity index (χ4n) is 2.25. The van der Waals surface area contributed by atoms with Gasteiger partial charge in [0.15, 0.2) is 5.82 Å². The lowest BCUT2D eigenvalue weighted by Crippen LogP contribution is -2.26. The molecule has 4 nitrogen and oxygen atoms in total. The lowest BCUT2D eigenvalue weighted by Gasteiger charge is -2.23. The van der Waals surface area contributed by atoms with Crippen LogP contribution in [0.25, 0.3) is 5.52 Å². The molecule has 0 atom stereocenters. The third kappa shape index (κ3) is 2.60. The number of hydrogen-bond donors (Lipinski definition) is 0. The molecular formula is C15H15ClN4. The zero-order valence-electron chi connectivity index (χ0n) is 11.0. The van der Waals surface area contributed by atoms with Gasteiger partial charge in [-0.15, -0.1) is 11.6 Å². The first kappa shape index (κ1) is 12.9. The van der Waals surface area contributed by atoms with E-state index in [1.807, 2.05) is 35.0 Å². The molecule has 0 aliphatic rings. The van der Waals surface area contributed by atoms with Crippen LogP contribution in [0, 0.1) is 0 Å². The minimum Gasteiger partial charge on any atom is -0.349 e. The van der Waals surface area contributed by atoms with Gasteiger partial charge in [0, 0.05) is 31.4 Å². The monoisotopic (exact) mass is 286 g/mol. The van der Waals surface area contributed by atoms with Crippen LogP contribution in [0.5, 0.6) is 0 Å². The summed E-state index contributed by atoms with van der Waals surface area (Å²) in [5, 5.41) is 4.25. The maximum atomic E-state index is 5.95. The van der Waals surface area contributed by atoms with E-state index in [1.165, 1.54) is 5.56 Å². The molecule has 3 rings (SSSR count). The van der Waals surface area contributed by atoms with E-state index in [2.05, 4.69) is 27.1 Å². The van der Waals surface area contributed by atoms with Gasteiger partial charge in [-0.25, -0.2) is 9.50 Å². The van der Waals surface area contributed by atoms with Crippen molar-refractivity contribution >= 4 is 22.9 Å². The fraction of sp³-hybridized carbons (Fsp3) is 0.200. The number of anilines is 1. The van der Waals surface area contributed by atoms with Crippen LogP contribution in [0.15, 0.2) is 55.0 Å². The second-order valence-electron chi connectivity index (χ2n) is 4.51. The van der Waals surface area contributed by atoms with Gasteiger partial charge < -0.3 is 4.90 Å². The van der Waals surface area contributed by atoms with Crippen molar-refractivity contribution < 1.29 is 0 Å². The van der Waals surface area contributed by atoms with E-state index in [-0.39, 0.29) is 0 Å². The molecular weight excluding hydrogens is 272 g/mol. The molecule has 0 spiro atoms. The van der Waals surface area contributed by atoms with E-state index < -0.39 is 0 Å². The van der Waals surface area contributed by atoms with Crippen molar-refractivity contribution in [2.45, 2.75) is 6.54 Å². The predicted octanol–water partition coefficient (Wildman–Crippen LogP) is 2.97. The average Bonchev–Trinajstić information content (AvgIpc) is 2.96. The average molecular weight is 287 g/mol. The van der Waals surface area contributed by atoms with Crippen LogP contribution in [0.2, 0.25) is 0 Å². The Kier molecular flexibility index (Phi) is 3.83. The van der Waals surface area contributed by atoms with Gasteiger partial charge in [-0.2, -0.15) is 5.10 Å². The highest BCUT2D eigenvalue weighted by atomic mass is 35.5. The highest BCUT2D eigenvalue weighted by Crippen LogP contribution is 2.20. The number of halogens is 1. The molecule has 0 fully saturated rings. The van der Waals surface area contributed by atoms with Gasteiger partial charge >= 0.3 is 0 Å². The number of rotatable bonds is 5. The Morgan fingerprint density at radius 2 is 1.95 bits per heavy atom. The Labute approximate surface area is 122 Å². The van der Waals surface area contributed by atoms with Crippen molar-refractivity contribution in [2.24, 2.45) is 0 Å². The van der Waals surface area contributed by atoms with Gasteiger partial charge in [0.1, 0.15) is 5.52 Å². The van der Waals surface area contributed by atoms with Crippen LogP contribution in [0.3, 0.4) is 0 Å². The number of hydrogen-bond acceptors (Lipinski definition) is 3. The van der Waals surface area contributed by atoms with E-state index >= 15 is 0 Å². The number of aromatic nitrogens is 3. The molecule has 20 heavy (non-hydrogen) atoms. The van der Waals surface area contributed by atoms with E-state index in [0.717, 1.165) is 24.4 Å². The number of nitrogens with zero attached hydrogens (tertiary/aromatic N) is 4. The number of alkyl halides is 1. The first-order chi connectivity index (χ1) is 9.88. The summed E-state index contributed by atoms with van der Waals surface area (Å²) in [5.74, 6) is 1.47. The maximum absolute atomic E-state index is 5.95. The van der Waals surface area contributed by atoms with Crippen molar-refractivity contribution in [2.75, 3.05) is 17.3 Å². The molecule has 0 N–H and O–H groups in total. The topological polar surface area (TPSA) is 33.4 Å². The van der Waals surface area contributed by atoms with Gasteiger partial charge in [-0.3, -0.25) is 0 Å². The van der Waals surface area contributed by atoms with Gasteiger partial charge in [0.25, 0.3) is 0 Å². The molecule has 0 saturated heterocycles. The normalized spacial score (nSPS) is 10.8. The molecule has 3 aromatic rings. The highest BCUT2D eigenvalue weighted by Gasteiger charge is 2.12. The van der Waals surface area contributed by atoms with Crippen LogP contribution in [-0.4, -0.2) is 27.0 Å². The van der Waals surface area contributed by atoms with Gasteiger partial charge in [-0.1, -0.05) is 30.3 Å².